The van der Waals surface area contributed by atoms with Crippen LogP contribution in [0.2, 0.25) is 0 Å². The number of esters is 1. The van der Waals surface area contributed by atoms with Gasteiger partial charge in [0.2, 0.25) is 0 Å². The molecule has 0 heterocycles. The molecule has 0 aromatic heterocycles. The van der Waals surface area contributed by atoms with Crippen LogP contribution in [-0.2, 0) is 4.74 Å². The first kappa shape index (κ1) is 18.4. The van der Waals surface area contributed by atoms with Crippen molar-refractivity contribution < 1.29 is 27.8 Å². The summed E-state index contributed by atoms with van der Waals surface area (Å²) in [6.45, 7) is 1.92. The van der Waals surface area contributed by atoms with Crippen molar-refractivity contribution in [3.8, 4) is 5.75 Å². The fourth-order valence-electron chi connectivity index (χ4n) is 1.91. The number of carbonyl (C=O) groups excluding carboxylic acids is 1. The molecule has 0 bridgehead atoms. The fraction of sp³-hybridized carbons (Fsp3) is 0.235. The molecule has 0 aliphatic heterocycles. The molecule has 25 heavy (non-hydrogen) atoms. The van der Waals surface area contributed by atoms with E-state index in [9.17, 15) is 23.1 Å². The summed E-state index contributed by atoms with van der Waals surface area (Å²) in [7, 11) is 0. The number of hydrogen-bond acceptors (Lipinski definition) is 5. The molecule has 0 fully saturated rings. The number of phenols is 1. The minimum Gasteiger partial charge on any atom is -0.508 e. The first-order chi connectivity index (χ1) is 11.7. The summed E-state index contributed by atoms with van der Waals surface area (Å²) in [5.41, 5.74) is 2.44. The zero-order valence-electron chi connectivity index (χ0n) is 13.5. The van der Waals surface area contributed by atoms with Crippen molar-refractivity contribution >= 4 is 17.3 Å². The Kier molecular flexibility index (Phi) is 5.41. The van der Waals surface area contributed by atoms with Crippen molar-refractivity contribution in [1.82, 2.24) is 0 Å². The molecule has 0 unspecified atom stereocenters. The standard InChI is InChI=1S/C17H15F3N2O3/c1-10-11(2)15(23)8-7-14(10)22-21-13-5-3-12(4-6-13)16(24)25-9-17(18,19)20/h3-8,23H,9H2,1-2H3. The minimum atomic E-state index is -4.57. The zero-order valence-corrected chi connectivity index (χ0v) is 13.5. The SMILES string of the molecule is Cc1c(O)ccc(N=Nc2ccc(C(=O)OCC(F)(F)F)cc2)c1C. The highest BCUT2D eigenvalue weighted by molar-refractivity contribution is 5.89. The topological polar surface area (TPSA) is 71.2 Å². The van der Waals surface area contributed by atoms with Crippen LogP contribution in [0.25, 0.3) is 0 Å². The molecular formula is C17H15F3N2O3. The molecular weight excluding hydrogens is 337 g/mol. The second-order valence-electron chi connectivity index (χ2n) is 5.29. The third-order valence-corrected chi connectivity index (χ3v) is 3.47. The average molecular weight is 352 g/mol. The second kappa shape index (κ2) is 7.33. The molecule has 8 heteroatoms. The van der Waals surface area contributed by atoms with Crippen LogP contribution in [0.15, 0.2) is 46.6 Å². The summed E-state index contributed by atoms with van der Waals surface area (Å²) < 4.78 is 40.2. The van der Waals surface area contributed by atoms with E-state index < -0.39 is 18.8 Å². The molecule has 0 amide bonds. The van der Waals surface area contributed by atoms with E-state index in [0.717, 1.165) is 5.56 Å². The summed E-state index contributed by atoms with van der Waals surface area (Å²) in [5.74, 6) is -0.899. The van der Waals surface area contributed by atoms with Crippen LogP contribution in [0.5, 0.6) is 5.75 Å². The van der Waals surface area contributed by atoms with Crippen LogP contribution >= 0.6 is 0 Å². The molecule has 1 N–H and O–H groups in total. The van der Waals surface area contributed by atoms with E-state index >= 15 is 0 Å². The first-order valence-electron chi connectivity index (χ1n) is 7.22. The lowest BCUT2D eigenvalue weighted by molar-refractivity contribution is -0.161. The summed E-state index contributed by atoms with van der Waals surface area (Å²) >= 11 is 0. The van der Waals surface area contributed by atoms with Gasteiger partial charge in [-0.15, -0.1) is 0 Å². The van der Waals surface area contributed by atoms with Crippen molar-refractivity contribution in [1.29, 1.82) is 0 Å². The van der Waals surface area contributed by atoms with E-state index in [1.54, 1.807) is 19.9 Å². The molecule has 0 aliphatic carbocycles. The number of carbonyl (C=O) groups is 1. The van der Waals surface area contributed by atoms with Gasteiger partial charge in [-0.05, 0) is 61.4 Å². The monoisotopic (exact) mass is 352 g/mol. The number of rotatable bonds is 4. The van der Waals surface area contributed by atoms with Crippen molar-refractivity contribution in [2.45, 2.75) is 20.0 Å². The number of benzene rings is 2. The van der Waals surface area contributed by atoms with Gasteiger partial charge in [0.25, 0.3) is 0 Å². The van der Waals surface area contributed by atoms with Crippen LogP contribution in [0.4, 0.5) is 24.5 Å². The number of halogens is 3. The lowest BCUT2D eigenvalue weighted by Crippen LogP contribution is -2.20. The Balaban J connectivity index is 2.08. The summed E-state index contributed by atoms with van der Waals surface area (Å²) in [4.78, 5) is 11.5. The van der Waals surface area contributed by atoms with Gasteiger partial charge in [0.05, 0.1) is 16.9 Å². The Hall–Kier alpha value is -2.90. The van der Waals surface area contributed by atoms with Crippen LogP contribution in [-0.4, -0.2) is 23.9 Å². The van der Waals surface area contributed by atoms with Crippen molar-refractivity contribution in [2.24, 2.45) is 10.2 Å². The third kappa shape index (κ3) is 5.03. The number of ether oxygens (including phenoxy) is 1. The van der Waals surface area contributed by atoms with Crippen LogP contribution in [0.1, 0.15) is 21.5 Å². The minimum absolute atomic E-state index is 0.0140. The van der Waals surface area contributed by atoms with Gasteiger partial charge in [-0.2, -0.15) is 23.4 Å². The summed E-state index contributed by atoms with van der Waals surface area (Å²) in [5, 5.41) is 17.7. The zero-order chi connectivity index (χ0) is 18.6. The number of nitrogens with zero attached hydrogens (tertiary/aromatic N) is 2. The Bertz CT molecular complexity index is 800. The highest BCUT2D eigenvalue weighted by Gasteiger charge is 2.29. The van der Waals surface area contributed by atoms with Gasteiger partial charge in [-0.3, -0.25) is 0 Å². The van der Waals surface area contributed by atoms with Crippen LogP contribution < -0.4 is 0 Å². The van der Waals surface area contributed by atoms with Gasteiger partial charge in [0.15, 0.2) is 6.61 Å². The maximum absolute atomic E-state index is 12.0. The molecule has 5 nitrogen and oxygen atoms in total. The Morgan fingerprint density at radius 3 is 2.28 bits per heavy atom. The number of phenolic OH excluding ortho intramolecular Hbond substituents is 1. The number of hydrogen-bond donors (Lipinski definition) is 1. The predicted molar refractivity (Wildman–Crippen MR) is 84.5 cm³/mol. The number of alkyl halides is 3. The highest BCUT2D eigenvalue weighted by atomic mass is 19.4. The highest BCUT2D eigenvalue weighted by Crippen LogP contribution is 2.29. The Morgan fingerprint density at radius 1 is 1.04 bits per heavy atom. The smallest absolute Gasteiger partial charge is 0.422 e. The maximum atomic E-state index is 12.0. The lowest BCUT2D eigenvalue weighted by Gasteiger charge is -2.07. The van der Waals surface area contributed by atoms with E-state index in [-0.39, 0.29) is 11.3 Å². The van der Waals surface area contributed by atoms with Crippen molar-refractivity contribution in [2.75, 3.05) is 6.61 Å². The van der Waals surface area contributed by atoms with Crippen molar-refractivity contribution in [3.63, 3.8) is 0 Å². The van der Waals surface area contributed by atoms with E-state index in [2.05, 4.69) is 15.0 Å². The molecule has 2 aromatic rings. The molecule has 2 aromatic carbocycles. The van der Waals surface area contributed by atoms with E-state index in [1.165, 1.54) is 30.3 Å². The van der Waals surface area contributed by atoms with Crippen LogP contribution in [0, 0.1) is 13.8 Å². The van der Waals surface area contributed by atoms with E-state index in [0.29, 0.717) is 16.9 Å². The Labute approximate surface area is 141 Å². The van der Waals surface area contributed by atoms with Gasteiger partial charge < -0.3 is 9.84 Å². The van der Waals surface area contributed by atoms with Crippen molar-refractivity contribution in [3.05, 3.63) is 53.1 Å². The lowest BCUT2D eigenvalue weighted by atomic mass is 10.1. The third-order valence-electron chi connectivity index (χ3n) is 3.47. The maximum Gasteiger partial charge on any atom is 0.422 e. The van der Waals surface area contributed by atoms with Gasteiger partial charge >= 0.3 is 12.1 Å². The van der Waals surface area contributed by atoms with Gasteiger partial charge in [-0.25, -0.2) is 4.79 Å². The normalized spacial score (nSPS) is 11.7. The number of aromatic hydroxyl groups is 1. The van der Waals surface area contributed by atoms with Gasteiger partial charge in [-0.1, -0.05) is 0 Å². The summed E-state index contributed by atoms with van der Waals surface area (Å²) in [6, 6.07) is 8.62. The molecule has 0 spiro atoms. The average Bonchev–Trinajstić information content (AvgIpc) is 2.57. The van der Waals surface area contributed by atoms with E-state index in [4.69, 9.17) is 0 Å². The molecule has 0 radical (unpaired) electrons. The number of azo groups is 1. The largest absolute Gasteiger partial charge is 0.508 e. The molecule has 132 valence electrons. The molecule has 2 rings (SSSR count). The van der Waals surface area contributed by atoms with E-state index in [1.807, 2.05) is 0 Å². The molecule has 0 saturated heterocycles. The molecule has 0 saturated carbocycles. The second-order valence-corrected chi connectivity index (χ2v) is 5.29. The first-order valence-corrected chi connectivity index (χ1v) is 7.22. The van der Waals surface area contributed by atoms with Gasteiger partial charge in [0, 0.05) is 0 Å². The predicted octanol–water partition coefficient (Wildman–Crippen LogP) is 5.14. The quantitative estimate of drug-likeness (QED) is 0.611. The van der Waals surface area contributed by atoms with Crippen LogP contribution in [0.3, 0.4) is 0 Å². The molecule has 0 atom stereocenters. The Morgan fingerprint density at radius 2 is 1.68 bits per heavy atom. The molecule has 0 aliphatic rings. The summed E-state index contributed by atoms with van der Waals surface area (Å²) in [6.07, 6.45) is -4.57. The fourth-order valence-corrected chi connectivity index (χ4v) is 1.91. The van der Waals surface area contributed by atoms with Gasteiger partial charge in [0.1, 0.15) is 5.75 Å².